The average molecular weight is 789 g/mol. The predicted octanol–water partition coefficient (Wildman–Crippen LogP) is 4.66. The summed E-state index contributed by atoms with van der Waals surface area (Å²) >= 11 is 0. The van der Waals surface area contributed by atoms with E-state index in [1.54, 1.807) is 30.3 Å². The van der Waals surface area contributed by atoms with Crippen LogP contribution in [0.3, 0.4) is 0 Å². The number of halogens is 8. The lowest BCUT2D eigenvalue weighted by Gasteiger charge is -2.42. The summed E-state index contributed by atoms with van der Waals surface area (Å²) in [6, 6.07) is 17.3. The quantitative estimate of drug-likeness (QED) is 0.150. The van der Waals surface area contributed by atoms with Crippen molar-refractivity contribution in [1.82, 2.24) is 9.97 Å². The lowest BCUT2D eigenvalue weighted by atomic mass is 9.89. The second-order valence-electron chi connectivity index (χ2n) is 12.7. The molecule has 2 aromatic heterocycles. The van der Waals surface area contributed by atoms with Crippen LogP contribution in [-0.2, 0) is 21.8 Å². The van der Waals surface area contributed by atoms with E-state index in [4.69, 9.17) is 18.9 Å². The van der Waals surface area contributed by atoms with Gasteiger partial charge in [-0.3, -0.25) is 0 Å². The molecular formula is C36H32F8N2O9. The van der Waals surface area contributed by atoms with Gasteiger partial charge in [-0.2, -0.15) is 26.3 Å². The highest BCUT2D eigenvalue weighted by Crippen LogP contribution is 2.42. The number of rotatable bonds is 9. The molecule has 296 valence electrons. The van der Waals surface area contributed by atoms with Crippen molar-refractivity contribution >= 4 is 0 Å². The molecule has 0 bridgehead atoms. The number of alkyl halides is 8. The number of benzene rings is 2. The van der Waals surface area contributed by atoms with Crippen LogP contribution >= 0.6 is 0 Å². The van der Waals surface area contributed by atoms with Crippen LogP contribution in [0.25, 0.3) is 11.1 Å². The fourth-order valence-electron chi connectivity index (χ4n) is 6.39. The van der Waals surface area contributed by atoms with E-state index in [2.05, 4.69) is 9.97 Å². The van der Waals surface area contributed by atoms with Gasteiger partial charge in [-0.05, 0) is 34.9 Å². The van der Waals surface area contributed by atoms with E-state index in [1.807, 2.05) is 0 Å². The summed E-state index contributed by atoms with van der Waals surface area (Å²) in [6.07, 6.45) is -31.4. The Morgan fingerprint density at radius 1 is 0.636 bits per heavy atom. The number of aliphatic hydroxyl groups excluding tert-OH is 5. The standard InChI is InChI=1S/C36H32F8N2O9/c37-34(38)32-27(51)26(50)31(53-22-11-5-10-21(45-22)35(39,40)41)29(55-32)18-9-4-8-17(14-18)19-12-13-23(46-33(19)36(42,43)44)54-30-25(49)24(48)20(15-47)52-28(30)16-6-2-1-3-7-16/h1-14,20,24-32,34,47-51H,15H2/t20-,24+,25+,26+,27-,28-,29-,30-,31-,32+/m1/s1. The number of hydrogen-bond acceptors (Lipinski definition) is 11. The number of nitrogens with zero attached hydrogens (tertiary/aromatic N) is 2. The lowest BCUT2D eigenvalue weighted by Crippen LogP contribution is -2.58. The van der Waals surface area contributed by atoms with E-state index in [9.17, 15) is 60.7 Å². The van der Waals surface area contributed by atoms with Crippen LogP contribution in [0.4, 0.5) is 35.1 Å². The summed E-state index contributed by atoms with van der Waals surface area (Å²) in [5, 5.41) is 52.4. The van der Waals surface area contributed by atoms with Gasteiger partial charge in [0.25, 0.3) is 6.43 Å². The van der Waals surface area contributed by atoms with Crippen molar-refractivity contribution in [1.29, 1.82) is 0 Å². The molecule has 2 saturated heterocycles. The van der Waals surface area contributed by atoms with Crippen LogP contribution in [0.1, 0.15) is 34.7 Å². The molecule has 11 nitrogen and oxygen atoms in total. The molecule has 55 heavy (non-hydrogen) atoms. The van der Waals surface area contributed by atoms with Gasteiger partial charge in [-0.15, -0.1) is 0 Å². The largest absolute Gasteiger partial charge is 0.468 e. The van der Waals surface area contributed by atoms with Gasteiger partial charge in [0.1, 0.15) is 54.5 Å². The highest BCUT2D eigenvalue weighted by Gasteiger charge is 2.51. The van der Waals surface area contributed by atoms with Crippen LogP contribution in [-0.4, -0.2) is 97.4 Å². The minimum Gasteiger partial charge on any atom is -0.468 e. The molecular weight excluding hydrogens is 756 g/mol. The first-order valence-electron chi connectivity index (χ1n) is 16.5. The number of hydrogen-bond donors (Lipinski definition) is 5. The number of pyridine rings is 2. The molecule has 0 saturated carbocycles. The third kappa shape index (κ3) is 8.52. The third-order valence-electron chi connectivity index (χ3n) is 9.06. The first-order valence-corrected chi connectivity index (χ1v) is 16.5. The zero-order chi connectivity index (χ0) is 39.8. The average Bonchev–Trinajstić information content (AvgIpc) is 3.15. The molecule has 4 aromatic rings. The Morgan fingerprint density at radius 2 is 1.24 bits per heavy atom. The topological polar surface area (TPSA) is 164 Å². The minimum atomic E-state index is -5.16. The molecule has 0 aliphatic carbocycles. The molecule has 2 aromatic carbocycles. The van der Waals surface area contributed by atoms with Gasteiger partial charge in [-0.25, -0.2) is 18.7 Å². The van der Waals surface area contributed by atoms with Gasteiger partial charge >= 0.3 is 12.4 Å². The Bertz CT molecular complexity index is 1920. The van der Waals surface area contributed by atoms with E-state index in [1.165, 1.54) is 18.2 Å². The van der Waals surface area contributed by atoms with Crippen LogP contribution in [0.5, 0.6) is 11.8 Å². The van der Waals surface area contributed by atoms with Gasteiger partial charge in [0, 0.05) is 17.7 Å². The second-order valence-corrected chi connectivity index (χ2v) is 12.7. The summed E-state index contributed by atoms with van der Waals surface area (Å²) < 4.78 is 134. The van der Waals surface area contributed by atoms with Gasteiger partial charge in [-0.1, -0.05) is 54.6 Å². The smallest absolute Gasteiger partial charge is 0.434 e. The number of aromatic nitrogens is 2. The van der Waals surface area contributed by atoms with Gasteiger partial charge < -0.3 is 44.5 Å². The van der Waals surface area contributed by atoms with E-state index in [-0.39, 0.29) is 11.1 Å². The summed E-state index contributed by atoms with van der Waals surface area (Å²) in [5.74, 6) is -1.38. The van der Waals surface area contributed by atoms with Crippen LogP contribution in [0, 0.1) is 0 Å². The lowest BCUT2D eigenvalue weighted by molar-refractivity contribution is -0.246. The second kappa shape index (κ2) is 15.9. The molecule has 0 spiro atoms. The molecule has 19 heteroatoms. The van der Waals surface area contributed by atoms with Crippen molar-refractivity contribution < 1.29 is 79.6 Å². The van der Waals surface area contributed by atoms with E-state index in [0.717, 1.165) is 30.3 Å². The Hall–Kier alpha value is -4.50. The molecule has 0 amide bonds. The minimum absolute atomic E-state index is 0.180. The molecule has 2 fully saturated rings. The van der Waals surface area contributed by atoms with E-state index < -0.39 is 115 Å². The monoisotopic (exact) mass is 788 g/mol. The van der Waals surface area contributed by atoms with E-state index >= 15 is 0 Å². The number of aliphatic hydroxyl groups is 5. The molecule has 4 heterocycles. The Labute approximate surface area is 306 Å². The summed E-state index contributed by atoms with van der Waals surface area (Å²) in [4.78, 5) is 7.00. The molecule has 2 aliphatic rings. The molecule has 2 aliphatic heterocycles. The first kappa shape index (κ1) is 40.2. The summed E-state index contributed by atoms with van der Waals surface area (Å²) in [6.45, 7) is -0.693. The molecule has 5 N–H and O–H groups in total. The molecule has 0 unspecified atom stereocenters. The predicted molar refractivity (Wildman–Crippen MR) is 172 cm³/mol. The normalized spacial score (nSPS) is 28.9. The highest BCUT2D eigenvalue weighted by molar-refractivity contribution is 5.68. The Morgan fingerprint density at radius 3 is 1.85 bits per heavy atom. The van der Waals surface area contributed by atoms with Crippen LogP contribution in [0.15, 0.2) is 84.9 Å². The Balaban J connectivity index is 1.36. The maximum Gasteiger partial charge on any atom is 0.434 e. The maximum absolute atomic E-state index is 14.6. The molecule has 10 atom stereocenters. The zero-order valence-electron chi connectivity index (χ0n) is 27.9. The van der Waals surface area contributed by atoms with Crippen molar-refractivity contribution in [3.63, 3.8) is 0 Å². The van der Waals surface area contributed by atoms with Crippen LogP contribution < -0.4 is 9.47 Å². The zero-order valence-corrected chi connectivity index (χ0v) is 27.9. The van der Waals surface area contributed by atoms with Gasteiger partial charge in [0.05, 0.1) is 6.61 Å². The van der Waals surface area contributed by atoms with Crippen LogP contribution in [0.2, 0.25) is 0 Å². The van der Waals surface area contributed by atoms with Crippen molar-refractivity contribution in [2.24, 2.45) is 0 Å². The number of ether oxygens (including phenoxy) is 4. The maximum atomic E-state index is 14.6. The van der Waals surface area contributed by atoms with Crippen molar-refractivity contribution in [2.45, 2.75) is 79.8 Å². The van der Waals surface area contributed by atoms with Gasteiger partial charge in [0.2, 0.25) is 11.8 Å². The van der Waals surface area contributed by atoms with Crippen molar-refractivity contribution in [3.05, 3.63) is 107 Å². The molecule has 0 radical (unpaired) electrons. The third-order valence-corrected chi connectivity index (χ3v) is 9.06. The van der Waals surface area contributed by atoms with Crippen molar-refractivity contribution in [2.75, 3.05) is 6.61 Å². The Kier molecular flexibility index (Phi) is 11.6. The van der Waals surface area contributed by atoms with E-state index in [0.29, 0.717) is 11.6 Å². The first-order chi connectivity index (χ1) is 26.0. The fourth-order valence-corrected chi connectivity index (χ4v) is 6.39. The highest BCUT2D eigenvalue weighted by atomic mass is 19.4. The summed E-state index contributed by atoms with van der Waals surface area (Å²) in [5.41, 5.74) is -3.47. The molecule has 6 rings (SSSR count). The SMILES string of the molecule is OC[C@H]1O[C@H](c2ccccc2)[C@H](Oc2ccc(-c3cccc([C@H]4O[C@H](C(F)F)[C@H](O)[C@H](O)[C@H]4Oc4cccc(C(F)(F)F)n4)c3)c(C(F)(F)F)n2)[C@@H](O)[C@H]1O. The summed E-state index contributed by atoms with van der Waals surface area (Å²) in [7, 11) is 0. The fraction of sp³-hybridized carbons (Fsp3) is 0.389. The van der Waals surface area contributed by atoms with Gasteiger partial charge in [0.15, 0.2) is 17.9 Å². The van der Waals surface area contributed by atoms with Crippen molar-refractivity contribution in [3.8, 4) is 22.9 Å².